The van der Waals surface area contributed by atoms with Crippen LogP contribution in [0.3, 0.4) is 0 Å². The Labute approximate surface area is 98.5 Å². The fourth-order valence-corrected chi connectivity index (χ4v) is 1.97. The van der Waals surface area contributed by atoms with Gasteiger partial charge in [-0.05, 0) is 38.8 Å². The Morgan fingerprint density at radius 3 is 1.94 bits per heavy atom. The van der Waals surface area contributed by atoms with Gasteiger partial charge in [-0.2, -0.15) is 0 Å². The Bertz CT molecular complexity index is 418. The third-order valence-corrected chi connectivity index (χ3v) is 2.60. The quantitative estimate of drug-likeness (QED) is 0.542. The highest BCUT2D eigenvalue weighted by atomic mass is 16.5. The van der Waals surface area contributed by atoms with E-state index < -0.39 is 0 Å². The first kappa shape index (κ1) is 12.6. The molecule has 1 heteroatoms. The van der Waals surface area contributed by atoms with E-state index >= 15 is 0 Å². The summed E-state index contributed by atoms with van der Waals surface area (Å²) in [5, 5.41) is 0. The highest BCUT2D eigenvalue weighted by molar-refractivity contribution is 5.79. The zero-order chi connectivity index (χ0) is 12.3. The van der Waals surface area contributed by atoms with Crippen LogP contribution >= 0.6 is 0 Å². The van der Waals surface area contributed by atoms with Gasteiger partial charge in [0.05, 0.1) is 7.11 Å². The van der Waals surface area contributed by atoms with Gasteiger partial charge in [-0.1, -0.05) is 35.9 Å². The predicted molar refractivity (Wildman–Crippen MR) is 70.3 cm³/mol. The van der Waals surface area contributed by atoms with Gasteiger partial charge in [0.1, 0.15) is 5.76 Å². The van der Waals surface area contributed by atoms with Crippen LogP contribution in [-0.2, 0) is 4.74 Å². The van der Waals surface area contributed by atoms with E-state index in [1.807, 2.05) is 13.8 Å². The van der Waals surface area contributed by atoms with Crippen LogP contribution < -0.4 is 0 Å². The molecule has 0 spiro atoms. The Morgan fingerprint density at radius 2 is 1.56 bits per heavy atom. The van der Waals surface area contributed by atoms with Crippen LogP contribution in [0.5, 0.6) is 0 Å². The standard InChI is InChI=1S/C15H20O/c1-10(2)15(13(5)16-6)14-8-11(3)7-12(4)9-14/h7-9H,1H2,2-6H3/b15-13-. The Kier molecular flexibility index (Phi) is 3.94. The Balaban J connectivity index is 3.38. The summed E-state index contributed by atoms with van der Waals surface area (Å²) in [4.78, 5) is 0. The van der Waals surface area contributed by atoms with Crippen molar-refractivity contribution < 1.29 is 4.74 Å². The average molecular weight is 216 g/mol. The van der Waals surface area contributed by atoms with E-state index in [0.29, 0.717) is 0 Å². The summed E-state index contributed by atoms with van der Waals surface area (Å²) in [5.74, 6) is 0.914. The van der Waals surface area contributed by atoms with E-state index in [9.17, 15) is 0 Å². The maximum absolute atomic E-state index is 5.33. The first-order chi connectivity index (χ1) is 7.45. The number of methoxy groups -OCH3 is 1. The molecule has 0 amide bonds. The summed E-state index contributed by atoms with van der Waals surface area (Å²) in [7, 11) is 1.70. The minimum Gasteiger partial charge on any atom is -0.501 e. The maximum Gasteiger partial charge on any atom is 0.100 e. The third-order valence-electron chi connectivity index (χ3n) is 2.60. The molecule has 0 N–H and O–H groups in total. The number of hydrogen-bond acceptors (Lipinski definition) is 1. The molecule has 0 heterocycles. The summed E-state index contributed by atoms with van der Waals surface area (Å²) in [6.07, 6.45) is 0. The van der Waals surface area contributed by atoms with Crippen molar-refractivity contribution in [2.45, 2.75) is 27.7 Å². The molecule has 0 aliphatic rings. The lowest BCUT2D eigenvalue weighted by molar-refractivity contribution is 0.296. The monoisotopic (exact) mass is 216 g/mol. The van der Waals surface area contributed by atoms with Gasteiger partial charge in [-0.25, -0.2) is 0 Å². The number of benzene rings is 1. The molecular weight excluding hydrogens is 196 g/mol. The van der Waals surface area contributed by atoms with Gasteiger partial charge >= 0.3 is 0 Å². The van der Waals surface area contributed by atoms with Crippen LogP contribution in [0.25, 0.3) is 5.57 Å². The number of rotatable bonds is 3. The molecule has 1 rings (SSSR count). The predicted octanol–water partition coefficient (Wildman–Crippen LogP) is 4.26. The van der Waals surface area contributed by atoms with Crippen molar-refractivity contribution in [3.63, 3.8) is 0 Å². The number of allylic oxidation sites excluding steroid dienone is 3. The highest BCUT2D eigenvalue weighted by Gasteiger charge is 2.08. The Hall–Kier alpha value is -1.50. The third kappa shape index (κ3) is 2.75. The van der Waals surface area contributed by atoms with Crippen LogP contribution in [0.15, 0.2) is 36.1 Å². The molecule has 0 bridgehead atoms. The van der Waals surface area contributed by atoms with E-state index in [2.05, 4.69) is 38.6 Å². The summed E-state index contributed by atoms with van der Waals surface area (Å²) in [5.41, 5.74) is 5.85. The minimum atomic E-state index is 0.914. The smallest absolute Gasteiger partial charge is 0.100 e. The first-order valence-electron chi connectivity index (χ1n) is 5.45. The highest BCUT2D eigenvalue weighted by Crippen LogP contribution is 2.27. The van der Waals surface area contributed by atoms with Crippen molar-refractivity contribution in [3.05, 3.63) is 52.8 Å². The summed E-state index contributed by atoms with van der Waals surface area (Å²) in [6.45, 7) is 12.2. The van der Waals surface area contributed by atoms with Gasteiger partial charge in [0.2, 0.25) is 0 Å². The molecular formula is C15H20O. The average Bonchev–Trinajstić information content (AvgIpc) is 2.15. The van der Waals surface area contributed by atoms with E-state index in [4.69, 9.17) is 4.74 Å². The molecule has 0 fully saturated rings. The normalized spacial score (nSPS) is 12.1. The van der Waals surface area contributed by atoms with Crippen molar-refractivity contribution >= 4 is 5.57 Å². The van der Waals surface area contributed by atoms with Crippen molar-refractivity contribution in [2.75, 3.05) is 7.11 Å². The number of ether oxygens (including phenoxy) is 1. The summed E-state index contributed by atoms with van der Waals surface area (Å²) >= 11 is 0. The maximum atomic E-state index is 5.33. The van der Waals surface area contributed by atoms with E-state index in [-0.39, 0.29) is 0 Å². The second-order valence-corrected chi connectivity index (χ2v) is 4.29. The van der Waals surface area contributed by atoms with Crippen molar-refractivity contribution in [1.82, 2.24) is 0 Å². The van der Waals surface area contributed by atoms with Crippen molar-refractivity contribution in [1.29, 1.82) is 0 Å². The molecule has 16 heavy (non-hydrogen) atoms. The molecule has 0 atom stereocenters. The molecule has 0 radical (unpaired) electrons. The number of aryl methyl sites for hydroxylation is 2. The molecule has 0 unspecified atom stereocenters. The zero-order valence-corrected chi connectivity index (χ0v) is 10.8. The molecule has 0 saturated carbocycles. The molecule has 1 aromatic carbocycles. The molecule has 0 aromatic heterocycles. The minimum absolute atomic E-state index is 0.914. The molecule has 1 nitrogen and oxygen atoms in total. The molecule has 0 aliphatic carbocycles. The van der Waals surface area contributed by atoms with Crippen LogP contribution in [0.1, 0.15) is 30.5 Å². The van der Waals surface area contributed by atoms with Gasteiger partial charge in [-0.15, -0.1) is 0 Å². The van der Waals surface area contributed by atoms with E-state index in [1.165, 1.54) is 16.7 Å². The summed E-state index contributed by atoms with van der Waals surface area (Å²) < 4.78 is 5.33. The SMILES string of the molecule is C=C(C)/C(=C(\C)OC)c1cc(C)cc(C)c1. The van der Waals surface area contributed by atoms with E-state index in [0.717, 1.165) is 16.9 Å². The second-order valence-electron chi connectivity index (χ2n) is 4.29. The number of hydrogen-bond donors (Lipinski definition) is 0. The van der Waals surface area contributed by atoms with Crippen LogP contribution in [0, 0.1) is 13.8 Å². The molecule has 0 aliphatic heterocycles. The lowest BCUT2D eigenvalue weighted by Crippen LogP contribution is -1.94. The van der Waals surface area contributed by atoms with Gasteiger partial charge in [0.25, 0.3) is 0 Å². The fraction of sp³-hybridized carbons (Fsp3) is 0.333. The van der Waals surface area contributed by atoms with Crippen LogP contribution in [0.4, 0.5) is 0 Å². The zero-order valence-electron chi connectivity index (χ0n) is 10.8. The lowest BCUT2D eigenvalue weighted by Gasteiger charge is -2.13. The van der Waals surface area contributed by atoms with Crippen LogP contribution in [0.2, 0.25) is 0 Å². The van der Waals surface area contributed by atoms with E-state index in [1.54, 1.807) is 7.11 Å². The van der Waals surface area contributed by atoms with Gasteiger partial charge in [-0.3, -0.25) is 0 Å². The second kappa shape index (κ2) is 5.02. The Morgan fingerprint density at radius 1 is 1.06 bits per heavy atom. The molecule has 1 aromatic rings. The van der Waals surface area contributed by atoms with Crippen LogP contribution in [-0.4, -0.2) is 7.11 Å². The van der Waals surface area contributed by atoms with Crippen molar-refractivity contribution in [3.8, 4) is 0 Å². The first-order valence-corrected chi connectivity index (χ1v) is 5.45. The van der Waals surface area contributed by atoms with Gasteiger partial charge < -0.3 is 4.74 Å². The van der Waals surface area contributed by atoms with Gasteiger partial charge in [0.15, 0.2) is 0 Å². The fourth-order valence-electron chi connectivity index (χ4n) is 1.97. The van der Waals surface area contributed by atoms with Crippen molar-refractivity contribution in [2.24, 2.45) is 0 Å². The lowest BCUT2D eigenvalue weighted by atomic mass is 9.96. The topological polar surface area (TPSA) is 9.23 Å². The summed E-state index contributed by atoms with van der Waals surface area (Å²) in [6, 6.07) is 6.50. The van der Waals surface area contributed by atoms with Gasteiger partial charge in [0, 0.05) is 5.57 Å². The molecule has 86 valence electrons. The molecule has 0 saturated heterocycles. The largest absolute Gasteiger partial charge is 0.501 e.